The van der Waals surface area contributed by atoms with E-state index in [1.165, 1.54) is 0 Å². The third kappa shape index (κ3) is 4.20. The summed E-state index contributed by atoms with van der Waals surface area (Å²) in [5, 5.41) is 2.55. The van der Waals surface area contributed by atoms with Crippen LogP contribution in [0.2, 0.25) is 0 Å². The van der Waals surface area contributed by atoms with Gasteiger partial charge in [0, 0.05) is 5.56 Å². The van der Waals surface area contributed by atoms with Crippen LogP contribution >= 0.6 is 12.2 Å². The monoisotopic (exact) mass is 290 g/mol. The van der Waals surface area contributed by atoms with Crippen molar-refractivity contribution in [1.29, 1.82) is 0 Å². The smallest absolute Gasteiger partial charge is 0.392 e. The molecule has 7 heteroatoms. The number of nitrogens with two attached hydrogens (primary N) is 1. The van der Waals surface area contributed by atoms with Gasteiger partial charge >= 0.3 is 6.18 Å². The highest BCUT2D eigenvalue weighted by Gasteiger charge is 2.30. The molecular formula is C12H13F3N2OS. The van der Waals surface area contributed by atoms with Crippen molar-refractivity contribution >= 4 is 23.1 Å². The van der Waals surface area contributed by atoms with Crippen molar-refractivity contribution in [2.24, 2.45) is 5.73 Å². The van der Waals surface area contributed by atoms with E-state index in [1.54, 1.807) is 6.92 Å². The molecule has 1 atom stereocenters. The van der Waals surface area contributed by atoms with Crippen molar-refractivity contribution in [3.05, 3.63) is 35.4 Å². The summed E-state index contributed by atoms with van der Waals surface area (Å²) in [5.41, 5.74) is 4.75. The van der Waals surface area contributed by atoms with Crippen molar-refractivity contribution in [3.63, 3.8) is 0 Å². The molecule has 1 rings (SSSR count). The van der Waals surface area contributed by atoms with Gasteiger partial charge in [0.2, 0.25) is 0 Å². The predicted molar refractivity (Wildman–Crippen MR) is 69.8 cm³/mol. The molecule has 1 unspecified atom stereocenters. The molecule has 3 N–H and O–H groups in total. The summed E-state index contributed by atoms with van der Waals surface area (Å²) in [6.07, 6.45) is -3.90. The minimum absolute atomic E-state index is 0.128. The second-order valence-electron chi connectivity index (χ2n) is 3.91. The molecule has 0 saturated heterocycles. The Morgan fingerprint density at radius 2 is 1.89 bits per heavy atom. The number of benzene rings is 1. The average molecular weight is 290 g/mol. The predicted octanol–water partition coefficient (Wildman–Crippen LogP) is 2.50. The molecular weight excluding hydrogens is 277 g/mol. The lowest BCUT2D eigenvalue weighted by atomic mass is 10.1. The molecule has 1 aromatic rings. The Bertz CT molecular complexity index is 471. The summed E-state index contributed by atoms with van der Waals surface area (Å²) in [5.74, 6) is -0.506. The van der Waals surface area contributed by atoms with Crippen LogP contribution < -0.4 is 11.1 Å². The van der Waals surface area contributed by atoms with Crippen molar-refractivity contribution in [2.45, 2.75) is 25.6 Å². The number of hydrogen-bond donors (Lipinski definition) is 2. The first-order chi connectivity index (χ1) is 8.75. The minimum atomic E-state index is -4.42. The first kappa shape index (κ1) is 15.4. The molecule has 0 aliphatic carbocycles. The highest BCUT2D eigenvalue weighted by Crippen LogP contribution is 2.29. The van der Waals surface area contributed by atoms with Crippen LogP contribution in [0.15, 0.2) is 24.3 Å². The quantitative estimate of drug-likeness (QED) is 0.838. The molecule has 0 saturated carbocycles. The number of alkyl halides is 3. The third-order valence-electron chi connectivity index (χ3n) is 2.53. The Hall–Kier alpha value is -1.63. The maximum Gasteiger partial charge on any atom is 0.416 e. The Labute approximate surface area is 114 Å². The summed E-state index contributed by atoms with van der Waals surface area (Å²) < 4.78 is 37.1. The second kappa shape index (κ2) is 6.01. The average Bonchev–Trinajstić information content (AvgIpc) is 2.34. The van der Waals surface area contributed by atoms with Crippen LogP contribution in [0.3, 0.4) is 0 Å². The van der Waals surface area contributed by atoms with E-state index in [9.17, 15) is 18.0 Å². The van der Waals surface area contributed by atoms with Crippen LogP contribution in [-0.4, -0.2) is 16.9 Å². The Morgan fingerprint density at radius 3 is 2.26 bits per heavy atom. The zero-order valence-corrected chi connectivity index (χ0v) is 10.9. The molecule has 19 heavy (non-hydrogen) atoms. The molecule has 104 valence electrons. The number of rotatable bonds is 4. The van der Waals surface area contributed by atoms with Crippen LogP contribution in [-0.2, 0) is 6.18 Å². The number of halogens is 3. The Balaban J connectivity index is 2.81. The van der Waals surface area contributed by atoms with Gasteiger partial charge in [-0.05, 0) is 30.7 Å². The molecule has 0 aliphatic heterocycles. The minimum Gasteiger partial charge on any atom is -0.392 e. The fourth-order valence-electron chi connectivity index (χ4n) is 1.43. The van der Waals surface area contributed by atoms with Crippen molar-refractivity contribution in [1.82, 2.24) is 5.32 Å². The molecule has 0 radical (unpaired) electrons. The van der Waals surface area contributed by atoms with Gasteiger partial charge in [-0.15, -0.1) is 0 Å². The third-order valence-corrected chi connectivity index (χ3v) is 2.82. The lowest BCUT2D eigenvalue weighted by Gasteiger charge is -2.15. The molecule has 1 aromatic carbocycles. The van der Waals surface area contributed by atoms with E-state index in [4.69, 9.17) is 18.0 Å². The van der Waals surface area contributed by atoms with E-state index < -0.39 is 23.7 Å². The topological polar surface area (TPSA) is 55.1 Å². The summed E-state index contributed by atoms with van der Waals surface area (Å²) in [4.78, 5) is 11.9. The number of carbonyl (C=O) groups excluding carboxylic acids is 1. The highest BCUT2D eigenvalue weighted by atomic mass is 32.1. The zero-order valence-electron chi connectivity index (χ0n) is 10.1. The Morgan fingerprint density at radius 1 is 1.37 bits per heavy atom. The molecule has 0 bridgehead atoms. The SMILES string of the molecule is CCC(NC(=O)c1ccc(C(F)(F)F)cc1)C(N)=S. The molecule has 1 amide bonds. The maximum atomic E-state index is 12.4. The summed E-state index contributed by atoms with van der Waals surface area (Å²) in [6, 6.07) is 3.48. The summed E-state index contributed by atoms with van der Waals surface area (Å²) >= 11 is 4.77. The Kier molecular flexibility index (Phi) is 4.88. The number of nitrogens with one attached hydrogen (secondary N) is 1. The molecule has 3 nitrogen and oxygen atoms in total. The largest absolute Gasteiger partial charge is 0.416 e. The van der Waals surface area contributed by atoms with Crippen LogP contribution in [0.5, 0.6) is 0 Å². The molecule has 0 aliphatic rings. The lowest BCUT2D eigenvalue weighted by Crippen LogP contribution is -2.42. The molecule has 0 fully saturated rings. The van der Waals surface area contributed by atoms with Crippen molar-refractivity contribution in [3.8, 4) is 0 Å². The van der Waals surface area contributed by atoms with Gasteiger partial charge in [0.1, 0.15) is 0 Å². The molecule has 0 heterocycles. The van der Waals surface area contributed by atoms with Crippen molar-refractivity contribution < 1.29 is 18.0 Å². The van der Waals surface area contributed by atoms with E-state index in [0.29, 0.717) is 6.42 Å². The van der Waals surface area contributed by atoms with Gasteiger partial charge in [-0.2, -0.15) is 13.2 Å². The van der Waals surface area contributed by atoms with Crippen LogP contribution in [0.25, 0.3) is 0 Å². The van der Waals surface area contributed by atoms with Gasteiger partial charge in [0.15, 0.2) is 0 Å². The van der Waals surface area contributed by atoms with Crippen LogP contribution in [0.1, 0.15) is 29.3 Å². The summed E-state index contributed by atoms with van der Waals surface area (Å²) in [6.45, 7) is 1.79. The van der Waals surface area contributed by atoms with E-state index in [1.807, 2.05) is 0 Å². The summed E-state index contributed by atoms with van der Waals surface area (Å²) in [7, 11) is 0. The molecule has 0 spiro atoms. The van der Waals surface area contributed by atoms with Gasteiger partial charge in [-0.25, -0.2) is 0 Å². The first-order valence-corrected chi connectivity index (χ1v) is 5.94. The maximum absolute atomic E-state index is 12.4. The van der Waals surface area contributed by atoms with Gasteiger partial charge in [-0.3, -0.25) is 4.79 Å². The molecule has 0 aromatic heterocycles. The van der Waals surface area contributed by atoms with Gasteiger partial charge in [-0.1, -0.05) is 19.1 Å². The second-order valence-corrected chi connectivity index (χ2v) is 4.38. The van der Waals surface area contributed by atoms with E-state index in [-0.39, 0.29) is 10.6 Å². The van der Waals surface area contributed by atoms with Crippen LogP contribution in [0.4, 0.5) is 13.2 Å². The van der Waals surface area contributed by atoms with E-state index in [2.05, 4.69) is 5.32 Å². The van der Waals surface area contributed by atoms with Crippen LogP contribution in [0, 0.1) is 0 Å². The van der Waals surface area contributed by atoms with Crippen molar-refractivity contribution in [2.75, 3.05) is 0 Å². The lowest BCUT2D eigenvalue weighted by molar-refractivity contribution is -0.137. The number of amides is 1. The highest BCUT2D eigenvalue weighted by molar-refractivity contribution is 7.80. The van der Waals surface area contributed by atoms with E-state index >= 15 is 0 Å². The van der Waals surface area contributed by atoms with Gasteiger partial charge < -0.3 is 11.1 Å². The van der Waals surface area contributed by atoms with Gasteiger partial charge in [0.05, 0.1) is 16.6 Å². The normalized spacial score (nSPS) is 12.8. The zero-order chi connectivity index (χ0) is 14.6. The van der Waals surface area contributed by atoms with Gasteiger partial charge in [0.25, 0.3) is 5.91 Å². The fraction of sp³-hybridized carbons (Fsp3) is 0.333. The number of hydrogen-bond acceptors (Lipinski definition) is 2. The van der Waals surface area contributed by atoms with E-state index in [0.717, 1.165) is 24.3 Å². The first-order valence-electron chi connectivity index (χ1n) is 5.53. The number of carbonyl (C=O) groups is 1. The fourth-order valence-corrected chi connectivity index (χ4v) is 1.65. The number of thiocarbonyl (C=S) groups is 1. The standard InChI is InChI=1S/C12H13F3N2OS/c1-2-9(10(16)19)17-11(18)7-3-5-8(6-4-7)12(13,14)15/h3-6,9H,2H2,1H3,(H2,16,19)(H,17,18).